The molecule has 1 aromatic heterocycles. The molecule has 0 radical (unpaired) electrons. The minimum Gasteiger partial charge on any atom is -0.313 e. The number of nitrogens with one attached hydrogen (secondary N) is 1. The number of aryl methyl sites for hydroxylation is 1. The molecule has 0 spiro atoms. The summed E-state index contributed by atoms with van der Waals surface area (Å²) >= 11 is 0. The standard InChI is InChI=1S/C18H27N3/c1-6-21-13-14(12-20-21)11-17(19-5)15-9-7-8-10-16(15)18(2,3)4/h7-10,12-13,17,19H,6,11H2,1-5H3. The molecule has 1 heterocycles. The van der Waals surface area contributed by atoms with Gasteiger partial charge in [0.15, 0.2) is 0 Å². The zero-order chi connectivity index (χ0) is 15.5. The summed E-state index contributed by atoms with van der Waals surface area (Å²) in [4.78, 5) is 0. The van der Waals surface area contributed by atoms with Crippen LogP contribution in [-0.2, 0) is 18.4 Å². The molecule has 21 heavy (non-hydrogen) atoms. The van der Waals surface area contributed by atoms with E-state index in [1.807, 2.05) is 17.9 Å². The first kappa shape index (κ1) is 15.8. The molecule has 2 rings (SSSR count). The van der Waals surface area contributed by atoms with Gasteiger partial charge in [-0.2, -0.15) is 5.10 Å². The van der Waals surface area contributed by atoms with Crippen LogP contribution in [0.5, 0.6) is 0 Å². The molecule has 0 saturated heterocycles. The number of nitrogens with zero attached hydrogens (tertiary/aromatic N) is 2. The highest BCUT2D eigenvalue weighted by Gasteiger charge is 2.22. The Morgan fingerprint density at radius 1 is 1.24 bits per heavy atom. The molecule has 0 saturated carbocycles. The molecular formula is C18H27N3. The van der Waals surface area contributed by atoms with E-state index in [9.17, 15) is 0 Å². The SMILES string of the molecule is CCn1cc(CC(NC)c2ccccc2C(C)(C)C)cn1. The van der Waals surface area contributed by atoms with Crippen molar-refractivity contribution in [1.29, 1.82) is 0 Å². The monoisotopic (exact) mass is 285 g/mol. The Morgan fingerprint density at radius 2 is 1.95 bits per heavy atom. The predicted molar refractivity (Wildman–Crippen MR) is 88.5 cm³/mol. The molecule has 0 bridgehead atoms. The van der Waals surface area contributed by atoms with Gasteiger partial charge in [0.05, 0.1) is 6.20 Å². The molecule has 0 amide bonds. The van der Waals surface area contributed by atoms with Crippen molar-refractivity contribution in [1.82, 2.24) is 15.1 Å². The normalized spacial score (nSPS) is 13.4. The molecule has 114 valence electrons. The third kappa shape index (κ3) is 3.73. The van der Waals surface area contributed by atoms with E-state index in [1.54, 1.807) is 0 Å². The van der Waals surface area contributed by atoms with Crippen LogP contribution in [0.15, 0.2) is 36.7 Å². The molecule has 1 N–H and O–H groups in total. The quantitative estimate of drug-likeness (QED) is 0.907. The van der Waals surface area contributed by atoms with Crippen molar-refractivity contribution in [3.8, 4) is 0 Å². The lowest BCUT2D eigenvalue weighted by Crippen LogP contribution is -2.24. The van der Waals surface area contributed by atoms with Gasteiger partial charge >= 0.3 is 0 Å². The molecule has 0 aliphatic heterocycles. The number of benzene rings is 1. The van der Waals surface area contributed by atoms with Gasteiger partial charge in [-0.05, 0) is 42.5 Å². The minimum atomic E-state index is 0.152. The maximum atomic E-state index is 4.38. The number of aromatic nitrogens is 2. The second-order valence-corrected chi connectivity index (χ2v) is 6.59. The average Bonchev–Trinajstić information content (AvgIpc) is 2.91. The van der Waals surface area contributed by atoms with Gasteiger partial charge in [0.1, 0.15) is 0 Å². The van der Waals surface area contributed by atoms with E-state index < -0.39 is 0 Å². The lowest BCUT2D eigenvalue weighted by Gasteiger charge is -2.27. The van der Waals surface area contributed by atoms with Crippen molar-refractivity contribution >= 4 is 0 Å². The van der Waals surface area contributed by atoms with Crippen LogP contribution in [-0.4, -0.2) is 16.8 Å². The van der Waals surface area contributed by atoms with Crippen LogP contribution in [0.25, 0.3) is 0 Å². The molecule has 1 unspecified atom stereocenters. The number of likely N-dealkylation sites (N-methyl/N-ethyl adjacent to an activating group) is 1. The van der Waals surface area contributed by atoms with Crippen LogP contribution in [0.2, 0.25) is 0 Å². The molecule has 1 atom stereocenters. The van der Waals surface area contributed by atoms with Gasteiger partial charge in [-0.3, -0.25) is 4.68 Å². The second kappa shape index (κ2) is 6.44. The molecule has 2 aromatic rings. The largest absolute Gasteiger partial charge is 0.313 e. The highest BCUT2D eigenvalue weighted by atomic mass is 15.3. The maximum Gasteiger partial charge on any atom is 0.0522 e. The number of hydrogen-bond donors (Lipinski definition) is 1. The Balaban J connectivity index is 2.29. The van der Waals surface area contributed by atoms with Crippen LogP contribution in [0.1, 0.15) is 50.4 Å². The fourth-order valence-corrected chi connectivity index (χ4v) is 2.77. The topological polar surface area (TPSA) is 29.9 Å². The summed E-state index contributed by atoms with van der Waals surface area (Å²) in [6.45, 7) is 9.85. The maximum absolute atomic E-state index is 4.38. The van der Waals surface area contributed by atoms with E-state index >= 15 is 0 Å². The Bertz CT molecular complexity index is 578. The predicted octanol–water partition coefficient (Wildman–Crippen LogP) is 3.70. The molecule has 0 fully saturated rings. The molecule has 0 aliphatic rings. The first-order chi connectivity index (χ1) is 9.95. The van der Waals surface area contributed by atoms with E-state index in [-0.39, 0.29) is 5.41 Å². The molecular weight excluding hydrogens is 258 g/mol. The van der Waals surface area contributed by atoms with Crippen molar-refractivity contribution in [3.05, 3.63) is 53.3 Å². The summed E-state index contributed by atoms with van der Waals surface area (Å²) < 4.78 is 1.98. The van der Waals surface area contributed by atoms with Crippen molar-refractivity contribution in [2.24, 2.45) is 0 Å². The number of hydrogen-bond acceptors (Lipinski definition) is 2. The van der Waals surface area contributed by atoms with Gasteiger partial charge in [0, 0.05) is 18.8 Å². The van der Waals surface area contributed by atoms with Gasteiger partial charge in [0.2, 0.25) is 0 Å². The zero-order valence-electron chi connectivity index (χ0n) is 13.9. The third-order valence-corrected chi connectivity index (χ3v) is 3.94. The first-order valence-corrected chi connectivity index (χ1v) is 7.73. The minimum absolute atomic E-state index is 0.152. The molecule has 3 nitrogen and oxygen atoms in total. The van der Waals surface area contributed by atoms with Crippen molar-refractivity contribution in [2.75, 3.05) is 7.05 Å². The van der Waals surface area contributed by atoms with Crippen LogP contribution in [0.4, 0.5) is 0 Å². The lowest BCUT2D eigenvalue weighted by molar-refractivity contribution is 0.538. The average molecular weight is 285 g/mol. The Morgan fingerprint density at radius 3 is 2.52 bits per heavy atom. The Labute approximate surface area is 128 Å². The van der Waals surface area contributed by atoms with E-state index in [0.717, 1.165) is 13.0 Å². The van der Waals surface area contributed by atoms with Gasteiger partial charge in [-0.1, -0.05) is 45.0 Å². The zero-order valence-corrected chi connectivity index (χ0v) is 13.9. The Kier molecular flexibility index (Phi) is 4.84. The van der Waals surface area contributed by atoms with Crippen LogP contribution in [0.3, 0.4) is 0 Å². The summed E-state index contributed by atoms with van der Waals surface area (Å²) in [7, 11) is 2.04. The van der Waals surface area contributed by atoms with Crippen LogP contribution < -0.4 is 5.32 Å². The van der Waals surface area contributed by atoms with Gasteiger partial charge in [-0.15, -0.1) is 0 Å². The van der Waals surface area contributed by atoms with Crippen molar-refractivity contribution in [3.63, 3.8) is 0 Å². The molecule has 3 heteroatoms. The fourth-order valence-electron chi connectivity index (χ4n) is 2.77. The van der Waals surface area contributed by atoms with Crippen LogP contribution in [0, 0.1) is 0 Å². The fraction of sp³-hybridized carbons (Fsp3) is 0.500. The smallest absolute Gasteiger partial charge is 0.0522 e. The summed E-state index contributed by atoms with van der Waals surface area (Å²) in [6.07, 6.45) is 5.08. The molecule has 0 aliphatic carbocycles. The van der Waals surface area contributed by atoms with Crippen molar-refractivity contribution in [2.45, 2.75) is 52.1 Å². The van der Waals surface area contributed by atoms with Gasteiger partial charge in [-0.25, -0.2) is 0 Å². The van der Waals surface area contributed by atoms with E-state index in [2.05, 4.69) is 68.6 Å². The van der Waals surface area contributed by atoms with E-state index in [4.69, 9.17) is 0 Å². The first-order valence-electron chi connectivity index (χ1n) is 7.73. The lowest BCUT2D eigenvalue weighted by atomic mass is 9.81. The third-order valence-electron chi connectivity index (χ3n) is 3.94. The van der Waals surface area contributed by atoms with E-state index in [1.165, 1.54) is 16.7 Å². The highest BCUT2D eigenvalue weighted by molar-refractivity contribution is 5.36. The highest BCUT2D eigenvalue weighted by Crippen LogP contribution is 2.30. The molecule has 1 aromatic carbocycles. The van der Waals surface area contributed by atoms with E-state index in [0.29, 0.717) is 6.04 Å². The van der Waals surface area contributed by atoms with Crippen LogP contribution >= 0.6 is 0 Å². The summed E-state index contributed by atoms with van der Waals surface area (Å²) in [5, 5.41) is 7.85. The van der Waals surface area contributed by atoms with Gasteiger partial charge in [0.25, 0.3) is 0 Å². The second-order valence-electron chi connectivity index (χ2n) is 6.59. The summed E-state index contributed by atoms with van der Waals surface area (Å²) in [6, 6.07) is 9.06. The summed E-state index contributed by atoms with van der Waals surface area (Å²) in [5.74, 6) is 0. The van der Waals surface area contributed by atoms with Crippen molar-refractivity contribution < 1.29 is 0 Å². The number of rotatable bonds is 5. The van der Waals surface area contributed by atoms with Gasteiger partial charge < -0.3 is 5.32 Å². The Hall–Kier alpha value is -1.61. The summed E-state index contributed by atoms with van der Waals surface area (Å²) in [5.41, 5.74) is 4.23.